The number of hydrogen-bond donors (Lipinski definition) is 2. The third-order valence-corrected chi connectivity index (χ3v) is 4.06. The van der Waals surface area contributed by atoms with Crippen molar-refractivity contribution in [3.8, 4) is 0 Å². The normalized spacial score (nSPS) is 21.5. The third kappa shape index (κ3) is 3.33. The van der Waals surface area contributed by atoms with Gasteiger partial charge < -0.3 is 15.2 Å². The number of hydrogen-bond acceptors (Lipinski definition) is 4. The molecule has 6 nitrogen and oxygen atoms in total. The summed E-state index contributed by atoms with van der Waals surface area (Å²) >= 11 is 0. The highest BCUT2D eigenvalue weighted by Gasteiger charge is 2.32. The first-order valence-corrected chi connectivity index (χ1v) is 7.93. The van der Waals surface area contributed by atoms with Gasteiger partial charge in [-0.3, -0.25) is 9.48 Å². The van der Waals surface area contributed by atoms with E-state index in [0.29, 0.717) is 25.2 Å². The number of nitrogens with zero attached hydrogens (tertiary/aromatic N) is 2. The summed E-state index contributed by atoms with van der Waals surface area (Å²) in [5, 5.41) is 16.8. The smallest absolute Gasteiger partial charge is 0.269 e. The fourth-order valence-electron chi connectivity index (χ4n) is 2.74. The average molecular weight is 309 g/mol. The lowest BCUT2D eigenvalue weighted by Crippen LogP contribution is -2.37. The lowest BCUT2D eigenvalue weighted by molar-refractivity contribution is -0.00712. The lowest BCUT2D eigenvalue weighted by Gasteiger charge is -2.25. The van der Waals surface area contributed by atoms with Gasteiger partial charge >= 0.3 is 0 Å². The minimum atomic E-state index is -0.337. The van der Waals surface area contributed by atoms with Crippen LogP contribution in [0.4, 0.5) is 0 Å². The van der Waals surface area contributed by atoms with E-state index in [-0.39, 0.29) is 30.1 Å². The van der Waals surface area contributed by atoms with E-state index >= 15 is 0 Å². The molecule has 0 saturated heterocycles. The molecular formula is C16H27N3O3. The Morgan fingerprint density at radius 1 is 1.50 bits per heavy atom. The number of aryl methyl sites for hydroxylation is 1. The molecule has 1 aromatic heterocycles. The minimum absolute atomic E-state index is 0.0281. The van der Waals surface area contributed by atoms with Crippen molar-refractivity contribution in [1.29, 1.82) is 0 Å². The van der Waals surface area contributed by atoms with Crippen LogP contribution in [-0.4, -0.2) is 40.0 Å². The molecule has 0 aromatic carbocycles. The number of aliphatic hydroxyl groups is 1. The maximum Gasteiger partial charge on any atom is 0.269 e. The summed E-state index contributed by atoms with van der Waals surface area (Å²) in [6, 6.07) is 0. The Kier molecular flexibility index (Phi) is 4.92. The first-order valence-electron chi connectivity index (χ1n) is 7.93. The van der Waals surface area contributed by atoms with Crippen LogP contribution in [0.15, 0.2) is 0 Å². The van der Waals surface area contributed by atoms with Gasteiger partial charge in [0.15, 0.2) is 0 Å². The standard InChI is InChI=1S/C16H27N3O3/c1-6-19-14(15(21)17-8-16(4,5)9-20)12-7-10(2)22-11(3)13(12)18-19/h10-11,20H,6-9H2,1-5H3,(H,17,21)/t10-,11+/m0/s1. The molecule has 0 saturated carbocycles. The Morgan fingerprint density at radius 2 is 2.18 bits per heavy atom. The molecule has 0 aliphatic carbocycles. The second-order valence-corrected chi connectivity index (χ2v) is 6.83. The quantitative estimate of drug-likeness (QED) is 0.867. The highest BCUT2D eigenvalue weighted by atomic mass is 16.5. The summed E-state index contributed by atoms with van der Waals surface area (Å²) in [5.74, 6) is -0.126. The Hall–Kier alpha value is -1.40. The van der Waals surface area contributed by atoms with Crippen LogP contribution in [-0.2, 0) is 17.7 Å². The number of aromatic nitrogens is 2. The van der Waals surface area contributed by atoms with Gasteiger partial charge in [0.1, 0.15) is 5.69 Å². The van der Waals surface area contributed by atoms with Crippen LogP contribution in [0, 0.1) is 5.41 Å². The van der Waals surface area contributed by atoms with Gasteiger partial charge in [0.05, 0.1) is 17.9 Å². The highest BCUT2D eigenvalue weighted by Crippen LogP contribution is 2.31. The molecule has 0 spiro atoms. The number of carbonyl (C=O) groups is 1. The van der Waals surface area contributed by atoms with Crippen LogP contribution >= 0.6 is 0 Å². The Labute approximate surface area is 131 Å². The summed E-state index contributed by atoms with van der Waals surface area (Å²) in [7, 11) is 0. The van der Waals surface area contributed by atoms with Crippen LogP contribution in [0.25, 0.3) is 0 Å². The van der Waals surface area contributed by atoms with Gasteiger partial charge in [-0.15, -0.1) is 0 Å². The van der Waals surface area contributed by atoms with Crippen LogP contribution in [0.1, 0.15) is 62.5 Å². The summed E-state index contributed by atoms with van der Waals surface area (Å²) in [5.41, 5.74) is 2.16. The van der Waals surface area contributed by atoms with E-state index in [4.69, 9.17) is 4.74 Å². The van der Waals surface area contributed by atoms with Crippen LogP contribution in [0.5, 0.6) is 0 Å². The van der Waals surface area contributed by atoms with Gasteiger partial charge in [0.2, 0.25) is 0 Å². The molecule has 2 N–H and O–H groups in total. The zero-order chi connectivity index (χ0) is 16.5. The second kappa shape index (κ2) is 6.38. The van der Waals surface area contributed by atoms with E-state index in [9.17, 15) is 9.90 Å². The maximum absolute atomic E-state index is 12.6. The fourth-order valence-corrected chi connectivity index (χ4v) is 2.74. The molecule has 2 heterocycles. The molecule has 6 heteroatoms. The predicted molar refractivity (Wildman–Crippen MR) is 83.8 cm³/mol. The summed E-state index contributed by atoms with van der Waals surface area (Å²) in [6.07, 6.45) is 0.690. The first kappa shape index (κ1) is 17.0. The molecule has 2 atom stereocenters. The fraction of sp³-hybridized carbons (Fsp3) is 0.750. The molecule has 1 aliphatic rings. The van der Waals surface area contributed by atoms with Gasteiger partial charge in [0.25, 0.3) is 5.91 Å². The summed E-state index contributed by atoms with van der Waals surface area (Å²) in [4.78, 5) is 12.6. The number of nitrogens with one attached hydrogen (secondary N) is 1. The average Bonchev–Trinajstić information content (AvgIpc) is 2.83. The molecular weight excluding hydrogens is 282 g/mol. The van der Waals surface area contributed by atoms with E-state index in [1.165, 1.54) is 0 Å². The zero-order valence-electron chi connectivity index (χ0n) is 14.1. The van der Waals surface area contributed by atoms with Gasteiger partial charge in [-0.25, -0.2) is 0 Å². The topological polar surface area (TPSA) is 76.4 Å². The maximum atomic E-state index is 12.6. The molecule has 22 heavy (non-hydrogen) atoms. The number of fused-ring (bicyclic) bond motifs is 1. The number of ether oxygens (including phenoxy) is 1. The summed E-state index contributed by atoms with van der Waals surface area (Å²) < 4.78 is 7.55. The van der Waals surface area contributed by atoms with Crippen molar-refractivity contribution in [3.63, 3.8) is 0 Å². The molecule has 1 amide bonds. The third-order valence-electron chi connectivity index (χ3n) is 4.06. The van der Waals surface area contributed by atoms with Crippen molar-refractivity contribution in [2.75, 3.05) is 13.2 Å². The molecule has 1 aliphatic heterocycles. The van der Waals surface area contributed by atoms with Crippen molar-refractivity contribution in [2.45, 2.75) is 59.8 Å². The van der Waals surface area contributed by atoms with Crippen molar-refractivity contribution in [1.82, 2.24) is 15.1 Å². The van der Waals surface area contributed by atoms with E-state index in [1.807, 2.05) is 34.6 Å². The van der Waals surface area contributed by atoms with Crippen LogP contribution in [0.2, 0.25) is 0 Å². The van der Waals surface area contributed by atoms with Crippen LogP contribution < -0.4 is 5.32 Å². The monoisotopic (exact) mass is 309 g/mol. The van der Waals surface area contributed by atoms with Crippen molar-refractivity contribution < 1.29 is 14.6 Å². The molecule has 2 rings (SSSR count). The molecule has 0 radical (unpaired) electrons. The molecule has 1 aromatic rings. The van der Waals surface area contributed by atoms with E-state index < -0.39 is 0 Å². The van der Waals surface area contributed by atoms with Crippen LogP contribution in [0.3, 0.4) is 0 Å². The highest BCUT2D eigenvalue weighted by molar-refractivity contribution is 5.94. The lowest BCUT2D eigenvalue weighted by atomic mass is 9.94. The van der Waals surface area contributed by atoms with E-state index in [2.05, 4.69) is 10.4 Å². The molecule has 0 fully saturated rings. The molecule has 124 valence electrons. The molecule has 0 bridgehead atoms. The number of aliphatic hydroxyl groups excluding tert-OH is 1. The Bertz CT molecular complexity index is 551. The zero-order valence-corrected chi connectivity index (χ0v) is 14.1. The SMILES string of the molecule is CCn1nc2c(c1C(=O)NCC(C)(C)CO)C[C@H](C)O[C@@H]2C. The number of amides is 1. The van der Waals surface area contributed by atoms with E-state index in [0.717, 1.165) is 11.3 Å². The first-order chi connectivity index (χ1) is 10.3. The van der Waals surface area contributed by atoms with Gasteiger partial charge in [0, 0.05) is 37.1 Å². The predicted octanol–water partition coefficient (Wildman–Crippen LogP) is 1.67. The van der Waals surface area contributed by atoms with Gasteiger partial charge in [-0.05, 0) is 20.8 Å². The Balaban J connectivity index is 2.28. The van der Waals surface area contributed by atoms with Crippen molar-refractivity contribution in [2.24, 2.45) is 5.41 Å². The minimum Gasteiger partial charge on any atom is -0.396 e. The van der Waals surface area contributed by atoms with Gasteiger partial charge in [-0.2, -0.15) is 5.10 Å². The molecule has 0 unspecified atom stereocenters. The van der Waals surface area contributed by atoms with Crippen molar-refractivity contribution >= 4 is 5.91 Å². The number of carbonyl (C=O) groups excluding carboxylic acids is 1. The van der Waals surface area contributed by atoms with Gasteiger partial charge in [-0.1, -0.05) is 13.8 Å². The summed E-state index contributed by atoms with van der Waals surface area (Å²) in [6.45, 7) is 10.9. The number of rotatable bonds is 5. The van der Waals surface area contributed by atoms with Crippen molar-refractivity contribution in [3.05, 3.63) is 17.0 Å². The Morgan fingerprint density at radius 3 is 2.77 bits per heavy atom. The van der Waals surface area contributed by atoms with E-state index in [1.54, 1.807) is 4.68 Å². The largest absolute Gasteiger partial charge is 0.396 e. The second-order valence-electron chi connectivity index (χ2n) is 6.83.